The van der Waals surface area contributed by atoms with E-state index in [0.29, 0.717) is 27.6 Å². The molecule has 2 aromatic carbocycles. The molecule has 8 nitrogen and oxygen atoms in total. The van der Waals surface area contributed by atoms with Crippen LogP contribution in [0.25, 0.3) is 22.4 Å². The number of amides is 2. The first-order chi connectivity index (χ1) is 14.9. The summed E-state index contributed by atoms with van der Waals surface area (Å²) in [6.07, 6.45) is 0. The number of oxazole rings is 1. The number of halogens is 1. The summed E-state index contributed by atoms with van der Waals surface area (Å²) in [5.74, 6) is -0.149. The monoisotopic (exact) mass is 454 g/mol. The first-order valence-electron chi connectivity index (χ1n) is 9.04. The molecule has 0 aliphatic rings. The van der Waals surface area contributed by atoms with E-state index in [1.165, 1.54) is 13.0 Å². The number of hydrogen-bond acceptors (Lipinski definition) is 6. The van der Waals surface area contributed by atoms with E-state index >= 15 is 0 Å². The van der Waals surface area contributed by atoms with Gasteiger partial charge in [-0.2, -0.15) is 4.98 Å². The van der Waals surface area contributed by atoms with Crippen LogP contribution in [-0.2, 0) is 4.79 Å². The van der Waals surface area contributed by atoms with Crippen molar-refractivity contribution in [2.45, 2.75) is 6.92 Å². The molecule has 2 amide bonds. The van der Waals surface area contributed by atoms with E-state index in [2.05, 4.69) is 20.9 Å². The Kier molecular flexibility index (Phi) is 5.70. The highest BCUT2D eigenvalue weighted by molar-refractivity contribution is 7.80. The molecule has 0 spiro atoms. The van der Waals surface area contributed by atoms with E-state index in [0.717, 1.165) is 5.56 Å². The normalized spacial score (nSPS) is 10.6. The zero-order valence-electron chi connectivity index (χ0n) is 16.1. The van der Waals surface area contributed by atoms with Gasteiger partial charge in [0.25, 0.3) is 5.91 Å². The molecule has 2 aromatic heterocycles. The Labute approximate surface area is 186 Å². The summed E-state index contributed by atoms with van der Waals surface area (Å²) < 4.78 is 11.2. The summed E-state index contributed by atoms with van der Waals surface area (Å²) >= 11 is 11.1. The zero-order valence-corrected chi connectivity index (χ0v) is 17.6. The van der Waals surface area contributed by atoms with Crippen molar-refractivity contribution in [1.29, 1.82) is 0 Å². The quantitative estimate of drug-likeness (QED) is 0.379. The van der Waals surface area contributed by atoms with Crippen molar-refractivity contribution >= 4 is 63.5 Å². The predicted molar refractivity (Wildman–Crippen MR) is 121 cm³/mol. The van der Waals surface area contributed by atoms with Crippen LogP contribution in [0.4, 0.5) is 11.7 Å². The molecule has 0 fully saturated rings. The van der Waals surface area contributed by atoms with Crippen molar-refractivity contribution in [3.63, 3.8) is 0 Å². The fourth-order valence-electron chi connectivity index (χ4n) is 2.81. The average molecular weight is 455 g/mol. The molecule has 0 saturated carbocycles. The maximum atomic E-state index is 12.4. The minimum absolute atomic E-state index is 0.0145. The minimum atomic E-state index is -0.533. The Hall–Kier alpha value is -3.69. The summed E-state index contributed by atoms with van der Waals surface area (Å²) in [5.41, 5.74) is 2.33. The number of furan rings is 1. The van der Waals surface area contributed by atoms with E-state index in [-0.39, 0.29) is 22.8 Å². The van der Waals surface area contributed by atoms with Crippen molar-refractivity contribution in [3.8, 4) is 11.3 Å². The Morgan fingerprint density at radius 1 is 1.03 bits per heavy atom. The van der Waals surface area contributed by atoms with Crippen LogP contribution >= 0.6 is 23.8 Å². The summed E-state index contributed by atoms with van der Waals surface area (Å²) in [6, 6.07) is 15.4. The molecule has 31 heavy (non-hydrogen) atoms. The van der Waals surface area contributed by atoms with Gasteiger partial charge in [-0.25, -0.2) is 0 Å². The zero-order chi connectivity index (χ0) is 22.0. The Morgan fingerprint density at radius 2 is 1.87 bits per heavy atom. The number of fused-ring (bicyclic) bond motifs is 1. The highest BCUT2D eigenvalue weighted by Crippen LogP contribution is 2.25. The fourth-order valence-corrected chi connectivity index (χ4v) is 3.18. The number of anilines is 2. The summed E-state index contributed by atoms with van der Waals surface area (Å²) in [5, 5.41) is 8.43. The van der Waals surface area contributed by atoms with Crippen LogP contribution in [0.2, 0.25) is 5.02 Å². The Morgan fingerprint density at radius 3 is 2.65 bits per heavy atom. The number of nitrogens with one attached hydrogen (secondary N) is 3. The molecule has 0 bridgehead atoms. The van der Waals surface area contributed by atoms with Crippen LogP contribution in [0.1, 0.15) is 17.5 Å². The van der Waals surface area contributed by atoms with E-state index in [1.807, 2.05) is 6.07 Å². The molecule has 10 heteroatoms. The van der Waals surface area contributed by atoms with Gasteiger partial charge in [-0.3, -0.25) is 20.2 Å². The molecule has 0 aliphatic heterocycles. The van der Waals surface area contributed by atoms with Crippen LogP contribution in [0.3, 0.4) is 0 Å². The molecular formula is C21H15ClN4O4S. The third-order valence-corrected chi connectivity index (χ3v) is 4.53. The SMILES string of the molecule is CC(=O)Nc1ccc2nc(NC(=S)NC(=O)c3ccc(-c4cccc(Cl)c4)o3)oc2c1. The van der Waals surface area contributed by atoms with Crippen molar-refractivity contribution in [2.75, 3.05) is 10.6 Å². The topological polar surface area (TPSA) is 109 Å². The summed E-state index contributed by atoms with van der Waals surface area (Å²) in [6.45, 7) is 1.41. The van der Waals surface area contributed by atoms with Crippen molar-refractivity contribution in [2.24, 2.45) is 0 Å². The molecule has 0 atom stereocenters. The number of thiocarbonyl (C=S) groups is 1. The van der Waals surface area contributed by atoms with Gasteiger partial charge in [0.15, 0.2) is 16.5 Å². The summed E-state index contributed by atoms with van der Waals surface area (Å²) in [4.78, 5) is 27.8. The van der Waals surface area contributed by atoms with E-state index in [1.54, 1.807) is 42.5 Å². The van der Waals surface area contributed by atoms with Crippen molar-refractivity contribution < 1.29 is 18.4 Å². The van der Waals surface area contributed by atoms with Gasteiger partial charge in [0.2, 0.25) is 5.91 Å². The molecule has 4 aromatic rings. The van der Waals surface area contributed by atoms with E-state index in [4.69, 9.17) is 32.7 Å². The standard InChI is InChI=1S/C21H15ClN4O4S/c1-11(27)23-14-5-6-15-18(10-14)30-20(24-15)26-21(31)25-19(28)17-8-7-16(29-17)12-3-2-4-13(22)9-12/h2-10H,1H3,(H,23,27)(H2,24,25,26,28,31). The fraction of sp³-hybridized carbons (Fsp3) is 0.0476. The Bertz CT molecular complexity index is 1310. The molecule has 0 unspecified atom stereocenters. The molecule has 3 N–H and O–H groups in total. The van der Waals surface area contributed by atoms with E-state index in [9.17, 15) is 9.59 Å². The molecule has 2 heterocycles. The van der Waals surface area contributed by atoms with Gasteiger partial charge < -0.3 is 14.2 Å². The number of benzene rings is 2. The lowest BCUT2D eigenvalue weighted by Crippen LogP contribution is -2.33. The predicted octanol–water partition coefficient (Wildman–Crippen LogP) is 4.83. The second-order valence-electron chi connectivity index (χ2n) is 6.47. The van der Waals surface area contributed by atoms with Gasteiger partial charge in [0.1, 0.15) is 11.3 Å². The van der Waals surface area contributed by atoms with Gasteiger partial charge in [-0.1, -0.05) is 23.7 Å². The first kappa shape index (κ1) is 20.6. The maximum absolute atomic E-state index is 12.4. The number of hydrogen-bond donors (Lipinski definition) is 3. The molecule has 0 aliphatic carbocycles. The van der Waals surface area contributed by atoms with Crippen LogP contribution in [0.15, 0.2) is 63.4 Å². The van der Waals surface area contributed by atoms with Gasteiger partial charge in [0, 0.05) is 29.3 Å². The lowest BCUT2D eigenvalue weighted by atomic mass is 10.2. The largest absolute Gasteiger partial charge is 0.451 e. The molecule has 0 saturated heterocycles. The number of carbonyl (C=O) groups is 2. The molecule has 4 rings (SSSR count). The number of rotatable bonds is 4. The van der Waals surface area contributed by atoms with Crippen LogP contribution in [0, 0.1) is 0 Å². The van der Waals surface area contributed by atoms with Gasteiger partial charge in [-0.15, -0.1) is 0 Å². The summed E-state index contributed by atoms with van der Waals surface area (Å²) in [7, 11) is 0. The number of carbonyl (C=O) groups excluding carboxylic acids is 2. The molecule has 156 valence electrons. The van der Waals surface area contributed by atoms with Crippen molar-refractivity contribution in [3.05, 3.63) is 65.4 Å². The van der Waals surface area contributed by atoms with Gasteiger partial charge in [-0.05, 0) is 48.6 Å². The average Bonchev–Trinajstić information content (AvgIpc) is 3.34. The van der Waals surface area contributed by atoms with E-state index < -0.39 is 5.91 Å². The third kappa shape index (κ3) is 4.90. The second kappa shape index (κ2) is 8.58. The van der Waals surface area contributed by atoms with Gasteiger partial charge >= 0.3 is 6.01 Å². The maximum Gasteiger partial charge on any atom is 0.302 e. The van der Waals surface area contributed by atoms with Crippen LogP contribution in [-0.4, -0.2) is 21.9 Å². The number of nitrogens with zero attached hydrogens (tertiary/aromatic N) is 1. The minimum Gasteiger partial charge on any atom is -0.451 e. The van der Waals surface area contributed by atoms with Gasteiger partial charge in [0.05, 0.1) is 0 Å². The highest BCUT2D eigenvalue weighted by atomic mass is 35.5. The smallest absolute Gasteiger partial charge is 0.302 e. The van der Waals surface area contributed by atoms with Crippen molar-refractivity contribution in [1.82, 2.24) is 10.3 Å². The number of aromatic nitrogens is 1. The molecular weight excluding hydrogens is 440 g/mol. The lowest BCUT2D eigenvalue weighted by Gasteiger charge is -2.04. The first-order valence-corrected chi connectivity index (χ1v) is 9.82. The highest BCUT2D eigenvalue weighted by Gasteiger charge is 2.15. The molecule has 0 radical (unpaired) electrons. The second-order valence-corrected chi connectivity index (χ2v) is 7.31. The third-order valence-electron chi connectivity index (χ3n) is 4.10. The lowest BCUT2D eigenvalue weighted by molar-refractivity contribution is -0.114. The van der Waals surface area contributed by atoms with Crippen LogP contribution < -0.4 is 16.0 Å². The Balaban J connectivity index is 1.41. The van der Waals surface area contributed by atoms with Crippen LogP contribution in [0.5, 0.6) is 0 Å².